The highest BCUT2D eigenvalue weighted by Gasteiger charge is 2.23. The summed E-state index contributed by atoms with van der Waals surface area (Å²) in [5, 5.41) is 3.84. The SMILES string of the molecule is COc1cccc(C2CCC(CNC3CCCCC3)CC2)c1. The van der Waals surface area contributed by atoms with Crippen LogP contribution >= 0.6 is 0 Å². The second-order valence-electron chi connectivity index (χ2n) is 7.24. The van der Waals surface area contributed by atoms with Gasteiger partial charge in [-0.05, 0) is 74.6 Å². The number of benzene rings is 1. The van der Waals surface area contributed by atoms with E-state index < -0.39 is 0 Å². The van der Waals surface area contributed by atoms with Gasteiger partial charge in [0.25, 0.3) is 0 Å². The molecule has 0 heterocycles. The van der Waals surface area contributed by atoms with Crippen LogP contribution in [0.1, 0.15) is 69.3 Å². The van der Waals surface area contributed by atoms with Gasteiger partial charge in [0.15, 0.2) is 0 Å². The largest absolute Gasteiger partial charge is 0.497 e. The van der Waals surface area contributed by atoms with E-state index in [-0.39, 0.29) is 0 Å². The fraction of sp³-hybridized carbons (Fsp3) is 0.700. The van der Waals surface area contributed by atoms with Crippen LogP contribution in [0.2, 0.25) is 0 Å². The molecule has 0 amide bonds. The molecule has 2 aliphatic rings. The van der Waals surface area contributed by atoms with Crippen molar-refractivity contribution in [3.8, 4) is 5.75 Å². The topological polar surface area (TPSA) is 21.3 Å². The first-order valence-electron chi connectivity index (χ1n) is 9.22. The molecule has 2 aliphatic carbocycles. The molecule has 0 spiro atoms. The van der Waals surface area contributed by atoms with Crippen molar-refractivity contribution >= 4 is 0 Å². The zero-order valence-corrected chi connectivity index (χ0v) is 14.0. The molecule has 0 aliphatic heterocycles. The molecule has 0 saturated heterocycles. The van der Waals surface area contributed by atoms with Crippen LogP contribution in [0.4, 0.5) is 0 Å². The van der Waals surface area contributed by atoms with Gasteiger partial charge in [0, 0.05) is 6.04 Å². The summed E-state index contributed by atoms with van der Waals surface area (Å²) in [6.45, 7) is 1.25. The summed E-state index contributed by atoms with van der Waals surface area (Å²) in [4.78, 5) is 0. The van der Waals surface area contributed by atoms with E-state index in [1.54, 1.807) is 7.11 Å². The van der Waals surface area contributed by atoms with Crippen molar-refractivity contribution in [2.75, 3.05) is 13.7 Å². The maximum Gasteiger partial charge on any atom is 0.119 e. The molecule has 1 N–H and O–H groups in total. The Morgan fingerprint density at radius 2 is 1.77 bits per heavy atom. The average Bonchev–Trinajstić information content (AvgIpc) is 2.61. The van der Waals surface area contributed by atoms with E-state index >= 15 is 0 Å². The number of ether oxygens (including phenoxy) is 1. The van der Waals surface area contributed by atoms with Crippen LogP contribution in [-0.4, -0.2) is 19.7 Å². The Morgan fingerprint density at radius 3 is 2.50 bits per heavy atom. The van der Waals surface area contributed by atoms with Crippen molar-refractivity contribution in [2.24, 2.45) is 5.92 Å². The van der Waals surface area contributed by atoms with E-state index in [0.717, 1.165) is 23.6 Å². The molecule has 1 aromatic rings. The number of methoxy groups -OCH3 is 1. The highest BCUT2D eigenvalue weighted by Crippen LogP contribution is 2.36. The van der Waals surface area contributed by atoms with Crippen molar-refractivity contribution in [1.29, 1.82) is 0 Å². The molecule has 22 heavy (non-hydrogen) atoms. The Hall–Kier alpha value is -1.02. The van der Waals surface area contributed by atoms with Crippen LogP contribution in [0.25, 0.3) is 0 Å². The molecule has 1 aromatic carbocycles. The molecule has 0 radical (unpaired) electrons. The quantitative estimate of drug-likeness (QED) is 0.836. The minimum absolute atomic E-state index is 0.737. The van der Waals surface area contributed by atoms with Gasteiger partial charge in [-0.1, -0.05) is 31.4 Å². The zero-order valence-electron chi connectivity index (χ0n) is 14.0. The molecule has 0 unspecified atom stereocenters. The van der Waals surface area contributed by atoms with Gasteiger partial charge in [0.05, 0.1) is 7.11 Å². The predicted molar refractivity (Wildman–Crippen MR) is 92.6 cm³/mol. The number of rotatable bonds is 5. The smallest absolute Gasteiger partial charge is 0.119 e. The molecule has 2 saturated carbocycles. The Bertz CT molecular complexity index is 445. The van der Waals surface area contributed by atoms with Crippen molar-refractivity contribution in [3.05, 3.63) is 29.8 Å². The second kappa shape index (κ2) is 8.01. The number of nitrogens with one attached hydrogen (secondary N) is 1. The third-order valence-electron chi connectivity index (χ3n) is 5.71. The lowest BCUT2D eigenvalue weighted by atomic mass is 9.78. The standard InChI is InChI=1S/C20H31NO/c1-22-20-9-5-6-18(14-20)17-12-10-16(11-13-17)15-21-19-7-3-2-4-8-19/h5-6,9,14,16-17,19,21H,2-4,7-8,10-13,15H2,1H3. The Morgan fingerprint density at radius 1 is 1.00 bits per heavy atom. The van der Waals surface area contributed by atoms with Crippen LogP contribution in [0.5, 0.6) is 5.75 Å². The molecule has 3 rings (SSSR count). The maximum absolute atomic E-state index is 5.36. The molecule has 122 valence electrons. The van der Waals surface area contributed by atoms with Crippen LogP contribution in [-0.2, 0) is 0 Å². The predicted octanol–water partition coefficient (Wildman–Crippen LogP) is 4.89. The molecule has 0 bridgehead atoms. The maximum atomic E-state index is 5.36. The normalized spacial score (nSPS) is 26.8. The zero-order chi connectivity index (χ0) is 15.2. The molecule has 0 atom stereocenters. The molecule has 2 fully saturated rings. The fourth-order valence-electron chi connectivity index (χ4n) is 4.24. The van der Waals surface area contributed by atoms with Gasteiger partial charge < -0.3 is 10.1 Å². The first-order chi connectivity index (χ1) is 10.8. The second-order valence-corrected chi connectivity index (χ2v) is 7.24. The first kappa shape index (κ1) is 15.9. The van der Waals surface area contributed by atoms with Crippen LogP contribution in [0, 0.1) is 5.92 Å². The van der Waals surface area contributed by atoms with Crippen molar-refractivity contribution in [1.82, 2.24) is 5.32 Å². The van der Waals surface area contributed by atoms with Crippen LogP contribution in [0.3, 0.4) is 0 Å². The summed E-state index contributed by atoms with van der Waals surface area (Å²) in [6, 6.07) is 9.48. The number of hydrogen-bond donors (Lipinski definition) is 1. The minimum Gasteiger partial charge on any atom is -0.497 e. The van der Waals surface area contributed by atoms with Gasteiger partial charge in [-0.3, -0.25) is 0 Å². The van der Waals surface area contributed by atoms with E-state index in [0.29, 0.717) is 0 Å². The lowest BCUT2D eigenvalue weighted by Gasteiger charge is -2.31. The van der Waals surface area contributed by atoms with Gasteiger partial charge in [0.1, 0.15) is 5.75 Å². The fourth-order valence-corrected chi connectivity index (χ4v) is 4.24. The molecular formula is C20H31NO. The van der Waals surface area contributed by atoms with Crippen molar-refractivity contribution in [3.63, 3.8) is 0 Å². The average molecular weight is 301 g/mol. The Labute approximate surface area is 135 Å². The highest BCUT2D eigenvalue weighted by atomic mass is 16.5. The Balaban J connectivity index is 1.43. The summed E-state index contributed by atoms with van der Waals surface area (Å²) in [5.41, 5.74) is 1.47. The third-order valence-corrected chi connectivity index (χ3v) is 5.71. The van der Waals surface area contributed by atoms with Gasteiger partial charge in [-0.2, -0.15) is 0 Å². The molecule has 0 aromatic heterocycles. The summed E-state index contributed by atoms with van der Waals surface area (Å²) in [6.07, 6.45) is 12.5. The Kier molecular flexibility index (Phi) is 5.77. The van der Waals surface area contributed by atoms with Crippen LogP contribution in [0.15, 0.2) is 24.3 Å². The monoisotopic (exact) mass is 301 g/mol. The van der Waals surface area contributed by atoms with Gasteiger partial charge in [-0.25, -0.2) is 0 Å². The van der Waals surface area contributed by atoms with Crippen LogP contribution < -0.4 is 10.1 Å². The summed E-state index contributed by atoms with van der Waals surface area (Å²) >= 11 is 0. The first-order valence-corrected chi connectivity index (χ1v) is 9.22. The van der Waals surface area contributed by atoms with Gasteiger partial charge in [0.2, 0.25) is 0 Å². The highest BCUT2D eigenvalue weighted by molar-refractivity contribution is 5.31. The summed E-state index contributed by atoms with van der Waals surface area (Å²) < 4.78 is 5.36. The van der Waals surface area contributed by atoms with Crippen molar-refractivity contribution < 1.29 is 4.74 Å². The third kappa shape index (κ3) is 4.25. The lowest BCUT2D eigenvalue weighted by molar-refractivity contribution is 0.284. The van der Waals surface area contributed by atoms with E-state index in [2.05, 4.69) is 23.5 Å². The minimum atomic E-state index is 0.737. The van der Waals surface area contributed by atoms with E-state index in [1.807, 2.05) is 6.07 Å². The molecule has 2 nitrogen and oxygen atoms in total. The van der Waals surface area contributed by atoms with Gasteiger partial charge >= 0.3 is 0 Å². The number of hydrogen-bond acceptors (Lipinski definition) is 2. The van der Waals surface area contributed by atoms with Crippen molar-refractivity contribution in [2.45, 2.75) is 69.7 Å². The molecule has 2 heteroatoms. The van der Waals surface area contributed by atoms with E-state index in [9.17, 15) is 0 Å². The van der Waals surface area contributed by atoms with E-state index in [1.165, 1.54) is 69.9 Å². The molecular weight excluding hydrogens is 270 g/mol. The lowest BCUT2D eigenvalue weighted by Crippen LogP contribution is -2.35. The summed E-state index contributed by atoms with van der Waals surface area (Å²) in [5.74, 6) is 2.63. The summed E-state index contributed by atoms with van der Waals surface area (Å²) in [7, 11) is 1.76. The van der Waals surface area contributed by atoms with Gasteiger partial charge in [-0.15, -0.1) is 0 Å². The van der Waals surface area contributed by atoms with E-state index in [4.69, 9.17) is 4.74 Å².